The van der Waals surface area contributed by atoms with Crippen LogP contribution in [0.5, 0.6) is 0 Å². The van der Waals surface area contributed by atoms with Crippen LogP contribution in [-0.4, -0.2) is 25.2 Å². The van der Waals surface area contributed by atoms with Crippen molar-refractivity contribution in [1.29, 1.82) is 0 Å². The zero-order valence-corrected chi connectivity index (χ0v) is 11.3. The van der Waals surface area contributed by atoms with Gasteiger partial charge in [0, 0.05) is 10.6 Å². The van der Waals surface area contributed by atoms with Crippen LogP contribution in [0, 0.1) is 6.92 Å². The molecule has 0 atom stereocenters. The summed E-state index contributed by atoms with van der Waals surface area (Å²) in [4.78, 5) is 24.0. The fourth-order valence-corrected chi connectivity index (χ4v) is 2.00. The molecule has 6 heteroatoms. The van der Waals surface area contributed by atoms with Crippen LogP contribution < -0.4 is 5.73 Å². The lowest BCUT2D eigenvalue weighted by atomic mass is 10.4. The molecule has 1 aromatic rings. The Labute approximate surface area is 110 Å². The maximum atomic E-state index is 11.6. The second-order valence-corrected chi connectivity index (χ2v) is 5.03. The Hall–Kier alpha value is -1.56. The van der Waals surface area contributed by atoms with Crippen molar-refractivity contribution in [1.82, 2.24) is 0 Å². The van der Waals surface area contributed by atoms with Gasteiger partial charge in [-0.15, -0.1) is 11.3 Å². The Morgan fingerprint density at radius 2 is 2.11 bits per heavy atom. The van der Waals surface area contributed by atoms with E-state index in [2.05, 4.69) is 0 Å². The van der Waals surface area contributed by atoms with Gasteiger partial charge in [-0.05, 0) is 19.4 Å². The molecule has 0 aliphatic heterocycles. The quantitative estimate of drug-likeness (QED) is 0.633. The fraction of sp³-hybridized carbons (Fsp3) is 0.500. The highest BCUT2D eigenvalue weighted by atomic mass is 32.1. The van der Waals surface area contributed by atoms with Gasteiger partial charge in [0.1, 0.15) is 4.88 Å². The lowest BCUT2D eigenvalue weighted by Gasteiger charge is -2.04. The number of carbonyl (C=O) groups excluding carboxylic acids is 2. The van der Waals surface area contributed by atoms with Crippen LogP contribution in [-0.2, 0) is 14.3 Å². The molecule has 0 unspecified atom stereocenters. The molecule has 0 radical (unpaired) electrons. The summed E-state index contributed by atoms with van der Waals surface area (Å²) >= 11 is 1.24. The number of aryl methyl sites for hydroxylation is 1. The molecular formula is C12H17NO4S. The molecule has 0 saturated carbocycles. The van der Waals surface area contributed by atoms with Gasteiger partial charge in [0.25, 0.3) is 0 Å². The van der Waals surface area contributed by atoms with Gasteiger partial charge < -0.3 is 15.2 Å². The maximum absolute atomic E-state index is 11.6. The predicted molar refractivity (Wildman–Crippen MR) is 69.6 cm³/mol. The Balaban J connectivity index is 2.35. The minimum atomic E-state index is -0.549. The van der Waals surface area contributed by atoms with Gasteiger partial charge in [-0.3, -0.25) is 0 Å². The molecular weight excluding hydrogens is 254 g/mol. The first kappa shape index (κ1) is 14.5. The summed E-state index contributed by atoms with van der Waals surface area (Å²) < 4.78 is 9.69. The van der Waals surface area contributed by atoms with Crippen LogP contribution in [0.15, 0.2) is 6.07 Å². The lowest BCUT2D eigenvalue weighted by Crippen LogP contribution is -2.16. The highest BCUT2D eigenvalue weighted by molar-refractivity contribution is 7.14. The second kappa shape index (κ2) is 7.00. The molecule has 5 nitrogen and oxygen atoms in total. The van der Waals surface area contributed by atoms with Gasteiger partial charge >= 0.3 is 11.9 Å². The van der Waals surface area contributed by atoms with E-state index in [1.165, 1.54) is 11.3 Å². The number of unbranched alkanes of at least 4 members (excludes halogenated alkanes) is 1. The van der Waals surface area contributed by atoms with Crippen LogP contribution in [0.1, 0.15) is 34.3 Å². The van der Waals surface area contributed by atoms with Crippen molar-refractivity contribution < 1.29 is 19.1 Å². The van der Waals surface area contributed by atoms with Gasteiger partial charge in [0.2, 0.25) is 0 Å². The zero-order chi connectivity index (χ0) is 13.5. The molecule has 100 valence electrons. The highest BCUT2D eigenvalue weighted by Gasteiger charge is 2.14. The van der Waals surface area contributed by atoms with Crippen LogP contribution in [0.3, 0.4) is 0 Å². The summed E-state index contributed by atoms with van der Waals surface area (Å²) in [5.74, 6) is -1.08. The summed E-state index contributed by atoms with van der Waals surface area (Å²) in [6, 6.07) is 1.55. The standard InChI is InChI=1S/C12H17NO4S/c1-3-4-5-16-11(14)7-17-12(15)10-6-9(13)8(2)18-10/h6H,3-5,7,13H2,1-2H3. The predicted octanol–water partition coefficient (Wildman–Crippen LogP) is 2.14. The average Bonchev–Trinajstić information content (AvgIpc) is 2.67. The minimum Gasteiger partial charge on any atom is -0.463 e. The third-order valence-corrected chi connectivity index (χ3v) is 3.29. The Morgan fingerprint density at radius 3 is 2.67 bits per heavy atom. The molecule has 0 aliphatic carbocycles. The Bertz CT molecular complexity index is 408. The van der Waals surface area contributed by atoms with E-state index in [4.69, 9.17) is 15.2 Å². The smallest absolute Gasteiger partial charge is 0.348 e. The van der Waals surface area contributed by atoms with E-state index in [9.17, 15) is 9.59 Å². The molecule has 0 saturated heterocycles. The van der Waals surface area contributed by atoms with Gasteiger partial charge in [-0.25, -0.2) is 9.59 Å². The van der Waals surface area contributed by atoms with Crippen molar-refractivity contribution >= 4 is 29.0 Å². The summed E-state index contributed by atoms with van der Waals surface area (Å²) in [5, 5.41) is 0. The monoisotopic (exact) mass is 271 g/mol. The largest absolute Gasteiger partial charge is 0.463 e. The molecule has 0 amide bonds. The third-order valence-electron chi connectivity index (χ3n) is 2.24. The number of anilines is 1. The first-order valence-corrected chi connectivity index (χ1v) is 6.55. The summed E-state index contributed by atoms with van der Waals surface area (Å²) in [5.41, 5.74) is 6.18. The Morgan fingerprint density at radius 1 is 1.39 bits per heavy atom. The first-order chi connectivity index (χ1) is 8.54. The Kier molecular flexibility index (Phi) is 5.64. The van der Waals surface area contributed by atoms with Crippen LogP contribution in [0.25, 0.3) is 0 Å². The molecule has 1 rings (SSSR count). The highest BCUT2D eigenvalue weighted by Crippen LogP contribution is 2.23. The van der Waals surface area contributed by atoms with Crippen molar-refractivity contribution in [3.8, 4) is 0 Å². The van der Waals surface area contributed by atoms with E-state index in [1.54, 1.807) is 6.07 Å². The number of ether oxygens (including phenoxy) is 2. The number of hydrogen-bond donors (Lipinski definition) is 1. The molecule has 1 heterocycles. The number of thiophene rings is 1. The summed E-state index contributed by atoms with van der Waals surface area (Å²) in [7, 11) is 0. The fourth-order valence-electron chi connectivity index (χ4n) is 1.16. The lowest BCUT2D eigenvalue weighted by molar-refractivity contribution is -0.147. The second-order valence-electron chi connectivity index (χ2n) is 3.77. The van der Waals surface area contributed by atoms with Crippen molar-refractivity contribution in [2.24, 2.45) is 0 Å². The third kappa shape index (κ3) is 4.37. The molecule has 2 N–H and O–H groups in total. The van der Waals surface area contributed by atoms with Gasteiger partial charge in [-0.1, -0.05) is 13.3 Å². The number of nitrogen functional groups attached to an aromatic ring is 1. The van der Waals surface area contributed by atoms with Crippen molar-refractivity contribution in [2.45, 2.75) is 26.7 Å². The molecule has 1 aromatic heterocycles. The van der Waals surface area contributed by atoms with Gasteiger partial charge in [-0.2, -0.15) is 0 Å². The summed E-state index contributed by atoms with van der Waals surface area (Å²) in [6.07, 6.45) is 1.75. The number of nitrogens with two attached hydrogens (primary N) is 1. The normalized spacial score (nSPS) is 10.1. The van der Waals surface area contributed by atoms with Crippen LogP contribution in [0.4, 0.5) is 5.69 Å². The number of hydrogen-bond acceptors (Lipinski definition) is 6. The van der Waals surface area contributed by atoms with Crippen LogP contribution in [0.2, 0.25) is 0 Å². The molecule has 0 bridgehead atoms. The number of rotatable bonds is 6. The van der Waals surface area contributed by atoms with Crippen LogP contribution >= 0.6 is 11.3 Å². The van der Waals surface area contributed by atoms with E-state index >= 15 is 0 Å². The van der Waals surface area contributed by atoms with E-state index in [0.29, 0.717) is 17.2 Å². The maximum Gasteiger partial charge on any atom is 0.348 e. The molecule has 0 spiro atoms. The minimum absolute atomic E-state index is 0.359. The number of carbonyl (C=O) groups is 2. The topological polar surface area (TPSA) is 78.6 Å². The SMILES string of the molecule is CCCCOC(=O)COC(=O)c1cc(N)c(C)s1. The van der Waals surface area contributed by atoms with E-state index in [-0.39, 0.29) is 6.61 Å². The van der Waals surface area contributed by atoms with Gasteiger partial charge in [0.05, 0.1) is 6.61 Å². The number of esters is 2. The zero-order valence-electron chi connectivity index (χ0n) is 10.5. The van der Waals surface area contributed by atoms with Crippen molar-refractivity contribution in [3.63, 3.8) is 0 Å². The van der Waals surface area contributed by atoms with Crippen molar-refractivity contribution in [3.05, 3.63) is 15.8 Å². The average molecular weight is 271 g/mol. The molecule has 18 heavy (non-hydrogen) atoms. The van der Waals surface area contributed by atoms with E-state index in [1.807, 2.05) is 13.8 Å². The van der Waals surface area contributed by atoms with Crippen molar-refractivity contribution in [2.75, 3.05) is 18.9 Å². The molecule has 0 aliphatic rings. The molecule has 0 fully saturated rings. The van der Waals surface area contributed by atoms with E-state index in [0.717, 1.165) is 17.7 Å². The summed E-state index contributed by atoms with van der Waals surface area (Å²) in [6.45, 7) is 3.81. The molecule has 0 aromatic carbocycles. The van der Waals surface area contributed by atoms with E-state index < -0.39 is 11.9 Å². The van der Waals surface area contributed by atoms with Gasteiger partial charge in [0.15, 0.2) is 6.61 Å². The first-order valence-electron chi connectivity index (χ1n) is 5.73.